The van der Waals surface area contributed by atoms with Gasteiger partial charge in [-0.25, -0.2) is 19.3 Å². The lowest BCUT2D eigenvalue weighted by Gasteiger charge is -2.27. The van der Waals surface area contributed by atoms with Crippen LogP contribution in [-0.2, 0) is 21.6 Å². The number of carbonyl (C=O) groups excluding carboxylic acids is 1. The zero-order chi connectivity index (χ0) is 26.9. The van der Waals surface area contributed by atoms with Crippen LogP contribution in [0.3, 0.4) is 0 Å². The average Bonchev–Trinajstić information content (AvgIpc) is 3.40. The Kier molecular flexibility index (Phi) is 6.99. The lowest BCUT2D eigenvalue weighted by molar-refractivity contribution is -0.125. The minimum atomic E-state index is -1.64. The largest absolute Gasteiger partial charge is 0.496 e. The lowest BCUT2D eigenvalue weighted by atomic mass is 10.0. The van der Waals surface area contributed by atoms with E-state index in [1.807, 2.05) is 32.0 Å². The molecule has 0 aliphatic rings. The van der Waals surface area contributed by atoms with Crippen molar-refractivity contribution in [3.8, 4) is 17.3 Å². The molecule has 3 heterocycles. The number of hydrogen-bond acceptors (Lipinski definition) is 8. The van der Waals surface area contributed by atoms with Gasteiger partial charge in [0.2, 0.25) is 11.8 Å². The van der Waals surface area contributed by atoms with Gasteiger partial charge in [-0.3, -0.25) is 14.2 Å². The van der Waals surface area contributed by atoms with Crippen LogP contribution < -0.4 is 21.7 Å². The van der Waals surface area contributed by atoms with E-state index in [9.17, 15) is 14.4 Å². The summed E-state index contributed by atoms with van der Waals surface area (Å²) in [5.41, 5.74) is 3.71. The van der Waals surface area contributed by atoms with Gasteiger partial charge >= 0.3 is 5.69 Å². The maximum Gasteiger partial charge on any atom is 0.332 e. The fourth-order valence-corrected chi connectivity index (χ4v) is 4.13. The number of pyridine rings is 1. The summed E-state index contributed by atoms with van der Waals surface area (Å²) in [4.78, 5) is 48.3. The molecule has 2 N–H and O–H groups in total. The third kappa shape index (κ3) is 4.77. The number of hydrogen-bond donors (Lipinski definition) is 1. The van der Waals surface area contributed by atoms with Crippen molar-refractivity contribution >= 4 is 16.9 Å². The number of methoxy groups -OCH3 is 1. The first-order valence-corrected chi connectivity index (χ1v) is 11.7. The number of amides is 1. The molecular weight excluding hydrogens is 478 g/mol. The van der Waals surface area contributed by atoms with Crippen molar-refractivity contribution in [3.05, 3.63) is 75.3 Å². The van der Waals surface area contributed by atoms with Gasteiger partial charge in [-0.2, -0.15) is 0 Å². The van der Waals surface area contributed by atoms with Crippen LogP contribution >= 0.6 is 0 Å². The summed E-state index contributed by atoms with van der Waals surface area (Å²) >= 11 is 0. The Balaban J connectivity index is 2.01. The first-order chi connectivity index (χ1) is 17.6. The normalized spacial score (nSPS) is 12.7. The molecular formula is C26H29N5O6. The van der Waals surface area contributed by atoms with E-state index in [0.717, 1.165) is 10.1 Å². The fraction of sp³-hybridized carbons (Fsp3) is 0.346. The molecule has 0 saturated carbocycles. The zero-order valence-corrected chi connectivity index (χ0v) is 21.3. The first-order valence-electron chi connectivity index (χ1n) is 11.7. The summed E-state index contributed by atoms with van der Waals surface area (Å²) in [6.07, 6.45) is 2.01. The minimum absolute atomic E-state index is 0.00301. The number of para-hydroxylation sites is 1. The molecule has 11 heteroatoms. The van der Waals surface area contributed by atoms with Crippen molar-refractivity contribution in [3.63, 3.8) is 0 Å². The molecule has 0 unspecified atom stereocenters. The van der Waals surface area contributed by atoms with Crippen LogP contribution in [0.4, 0.5) is 0 Å². The second-order valence-electron chi connectivity index (χ2n) is 9.27. The van der Waals surface area contributed by atoms with Crippen LogP contribution in [0.2, 0.25) is 0 Å². The van der Waals surface area contributed by atoms with Crippen molar-refractivity contribution < 1.29 is 18.7 Å². The summed E-state index contributed by atoms with van der Waals surface area (Å²) in [6.45, 7) is 6.58. The Hall–Kier alpha value is -4.25. The van der Waals surface area contributed by atoms with Crippen LogP contribution in [-0.4, -0.2) is 38.2 Å². The van der Waals surface area contributed by atoms with Gasteiger partial charge in [0.1, 0.15) is 29.3 Å². The van der Waals surface area contributed by atoms with Crippen LogP contribution in [0, 0.1) is 0 Å². The lowest BCUT2D eigenvalue weighted by Crippen LogP contribution is -2.55. The van der Waals surface area contributed by atoms with E-state index in [0.29, 0.717) is 11.4 Å². The minimum Gasteiger partial charge on any atom is -0.496 e. The van der Waals surface area contributed by atoms with Gasteiger partial charge in [0, 0.05) is 5.56 Å². The highest BCUT2D eigenvalue weighted by molar-refractivity contribution is 5.83. The molecule has 4 rings (SSSR count). The van der Waals surface area contributed by atoms with Gasteiger partial charge in [-0.1, -0.05) is 18.2 Å². The van der Waals surface area contributed by atoms with Crippen LogP contribution in [0.1, 0.15) is 39.4 Å². The highest BCUT2D eigenvalue weighted by Crippen LogP contribution is 2.30. The average molecular weight is 508 g/mol. The van der Waals surface area contributed by atoms with Crippen molar-refractivity contribution in [2.45, 2.75) is 52.0 Å². The smallest absolute Gasteiger partial charge is 0.332 e. The van der Waals surface area contributed by atoms with E-state index in [1.165, 1.54) is 30.9 Å². The molecule has 11 nitrogen and oxygen atoms in total. The quantitative estimate of drug-likeness (QED) is 0.364. The number of benzene rings is 1. The van der Waals surface area contributed by atoms with Crippen LogP contribution in [0.25, 0.3) is 22.6 Å². The molecule has 0 fully saturated rings. The van der Waals surface area contributed by atoms with Crippen molar-refractivity contribution in [2.75, 3.05) is 7.11 Å². The molecule has 0 spiro atoms. The predicted molar refractivity (Wildman–Crippen MR) is 136 cm³/mol. The van der Waals surface area contributed by atoms with Crippen LogP contribution in [0.15, 0.2) is 62.9 Å². The highest BCUT2D eigenvalue weighted by atomic mass is 16.5. The number of carbonyl (C=O) groups is 1. The number of primary amides is 1. The van der Waals surface area contributed by atoms with Gasteiger partial charge in [0.15, 0.2) is 5.52 Å². The van der Waals surface area contributed by atoms with Gasteiger partial charge in [0.25, 0.3) is 5.56 Å². The van der Waals surface area contributed by atoms with Crippen molar-refractivity contribution in [2.24, 2.45) is 5.73 Å². The Labute approximate surface area is 212 Å². The number of nitrogens with two attached hydrogens (primary N) is 1. The highest BCUT2D eigenvalue weighted by Gasteiger charge is 2.33. The number of fused-ring (bicyclic) bond motifs is 1. The summed E-state index contributed by atoms with van der Waals surface area (Å²) in [5, 5.41) is 0. The Bertz CT molecular complexity index is 1550. The van der Waals surface area contributed by atoms with E-state index in [2.05, 4.69) is 9.97 Å². The SMILES string of the molecule is COc1ccccc1[C@H](Cn1c(=O)n(C(C)(C)C(N)=O)c(=O)c2nc(-c3ncco3)ccc21)OC(C)C. The molecule has 0 aliphatic heterocycles. The van der Waals surface area contributed by atoms with Gasteiger partial charge in [0.05, 0.1) is 31.5 Å². The number of rotatable bonds is 9. The fourth-order valence-electron chi connectivity index (χ4n) is 4.13. The zero-order valence-electron chi connectivity index (χ0n) is 21.3. The Morgan fingerprint density at radius 1 is 1.16 bits per heavy atom. The maximum atomic E-state index is 13.8. The molecule has 1 amide bonds. The number of ether oxygens (including phenoxy) is 2. The summed E-state index contributed by atoms with van der Waals surface area (Å²) < 4.78 is 19.3. The summed E-state index contributed by atoms with van der Waals surface area (Å²) in [7, 11) is 1.55. The summed E-state index contributed by atoms with van der Waals surface area (Å²) in [6, 6.07) is 10.5. The van der Waals surface area contributed by atoms with Gasteiger partial charge in [-0.05, 0) is 45.9 Å². The van der Waals surface area contributed by atoms with Gasteiger partial charge in [-0.15, -0.1) is 0 Å². The second-order valence-corrected chi connectivity index (χ2v) is 9.27. The Morgan fingerprint density at radius 2 is 1.89 bits per heavy atom. The maximum absolute atomic E-state index is 13.8. The molecule has 0 saturated heterocycles. The molecule has 0 aliphatic carbocycles. The van der Waals surface area contributed by atoms with Crippen molar-refractivity contribution in [1.29, 1.82) is 0 Å². The van der Waals surface area contributed by atoms with Crippen molar-refractivity contribution in [1.82, 2.24) is 19.1 Å². The monoisotopic (exact) mass is 507 g/mol. The number of aromatic nitrogens is 4. The van der Waals surface area contributed by atoms with Gasteiger partial charge < -0.3 is 19.6 Å². The van der Waals surface area contributed by atoms with E-state index >= 15 is 0 Å². The van der Waals surface area contributed by atoms with Crippen LogP contribution in [0.5, 0.6) is 5.75 Å². The van der Waals surface area contributed by atoms with E-state index < -0.39 is 28.8 Å². The number of oxazole rings is 1. The molecule has 0 bridgehead atoms. The molecule has 37 heavy (non-hydrogen) atoms. The standard InChI is InChI=1S/C26H29N5O6/c1-15(2)37-20(16-8-6-7-9-19(16)35-5)14-30-18-11-10-17(22-28-12-13-36-22)29-21(18)23(32)31(25(30)34)26(3,4)24(27)33/h6-13,15,20H,14H2,1-5H3,(H2,27,33)/t20-/m0/s1. The predicted octanol–water partition coefficient (Wildman–Crippen LogP) is 2.61. The third-order valence-corrected chi connectivity index (χ3v) is 6.08. The van der Waals surface area contributed by atoms with E-state index in [-0.39, 0.29) is 29.6 Å². The molecule has 1 aromatic carbocycles. The summed E-state index contributed by atoms with van der Waals surface area (Å²) in [5.74, 6) is -0.0587. The Morgan fingerprint density at radius 3 is 2.51 bits per heavy atom. The molecule has 4 aromatic rings. The molecule has 3 aromatic heterocycles. The van der Waals surface area contributed by atoms with E-state index in [4.69, 9.17) is 19.6 Å². The number of nitrogens with zero attached hydrogens (tertiary/aromatic N) is 4. The molecule has 0 radical (unpaired) electrons. The van der Waals surface area contributed by atoms with E-state index in [1.54, 1.807) is 25.3 Å². The molecule has 1 atom stereocenters. The third-order valence-electron chi connectivity index (χ3n) is 6.08. The topological polar surface area (TPSA) is 144 Å². The first kappa shape index (κ1) is 25.8. The second kappa shape index (κ2) is 10.0. The molecule has 194 valence electrons.